The van der Waals surface area contributed by atoms with Gasteiger partial charge in [0, 0.05) is 11.1 Å². The number of hydrogen-bond donors (Lipinski definition) is 1. The molecule has 0 unspecified atom stereocenters. The van der Waals surface area contributed by atoms with Crippen molar-refractivity contribution in [3.05, 3.63) is 45.3 Å². The maximum Gasteiger partial charge on any atom is 0.144 e. The highest BCUT2D eigenvalue weighted by Gasteiger charge is 2.14. The molecule has 0 saturated carbocycles. The smallest absolute Gasteiger partial charge is 0.144 e. The van der Waals surface area contributed by atoms with E-state index in [0.29, 0.717) is 10.6 Å². The number of aromatic amines is 1. The van der Waals surface area contributed by atoms with Crippen molar-refractivity contribution in [2.24, 2.45) is 0 Å². The fourth-order valence-corrected chi connectivity index (χ4v) is 3.01. The van der Waals surface area contributed by atoms with E-state index in [4.69, 9.17) is 16.6 Å². The Morgan fingerprint density at radius 2 is 2.05 bits per heavy atom. The first-order valence-electron chi connectivity index (χ1n) is 6.34. The Hall–Kier alpha value is -1.46. The van der Waals surface area contributed by atoms with E-state index >= 15 is 0 Å². The van der Waals surface area contributed by atoms with Crippen LogP contribution in [0.2, 0.25) is 0 Å². The summed E-state index contributed by atoms with van der Waals surface area (Å²) in [5.74, 6) is 1.07. The van der Waals surface area contributed by atoms with Crippen LogP contribution in [0.3, 0.4) is 0 Å². The molecule has 2 aromatic heterocycles. The molecule has 0 aliphatic heterocycles. The van der Waals surface area contributed by atoms with E-state index < -0.39 is 0 Å². The number of benzene rings is 1. The molecule has 0 saturated heterocycles. The normalized spacial score (nSPS) is 11.4. The molecule has 0 fully saturated rings. The lowest BCUT2D eigenvalue weighted by atomic mass is 10.1. The summed E-state index contributed by atoms with van der Waals surface area (Å²) in [7, 11) is 0. The number of nitrogens with one attached hydrogen (secondary N) is 1. The fourth-order valence-electron chi connectivity index (χ4n) is 2.16. The van der Waals surface area contributed by atoms with Crippen LogP contribution in [0, 0.1) is 4.64 Å². The van der Waals surface area contributed by atoms with E-state index in [2.05, 4.69) is 39.7 Å². The summed E-state index contributed by atoms with van der Waals surface area (Å²) >= 11 is 8.84. The third kappa shape index (κ3) is 2.21. The van der Waals surface area contributed by atoms with Gasteiger partial charge in [0.05, 0.1) is 10.0 Å². The third-order valence-corrected chi connectivity index (χ3v) is 4.56. The predicted molar refractivity (Wildman–Crippen MR) is 86.4 cm³/mol. The molecule has 3 aromatic rings. The summed E-state index contributed by atoms with van der Waals surface area (Å²) < 4.78 is 6.99. The van der Waals surface area contributed by atoms with Gasteiger partial charge >= 0.3 is 0 Å². The minimum absolute atomic E-state index is 0.325. The summed E-state index contributed by atoms with van der Waals surface area (Å²) in [6, 6.07) is 7.89. The van der Waals surface area contributed by atoms with Crippen molar-refractivity contribution in [3.8, 4) is 11.4 Å². The van der Waals surface area contributed by atoms with Crippen LogP contribution >= 0.6 is 28.1 Å². The number of aromatic nitrogens is 2. The molecule has 0 atom stereocenters. The van der Waals surface area contributed by atoms with Crippen LogP contribution in [0.25, 0.3) is 22.4 Å². The molecule has 3 nitrogen and oxygen atoms in total. The molecule has 0 bridgehead atoms. The van der Waals surface area contributed by atoms with Crippen LogP contribution in [0.1, 0.15) is 25.5 Å². The SMILES string of the molecule is CC(C)c1[nH]c(-c2coc3ccccc23)nc(=S)c1Br. The standard InChI is InChI=1S/C15H13BrN2OS/c1-8(2)13-12(16)15(20)18-14(17-13)10-7-19-11-6-4-3-5-9(10)11/h3-8H,1-2H3,(H,17,18,20). The Bertz CT molecular complexity index is 835. The lowest BCUT2D eigenvalue weighted by Gasteiger charge is -2.10. The van der Waals surface area contributed by atoms with Gasteiger partial charge in [-0.15, -0.1) is 0 Å². The van der Waals surface area contributed by atoms with Gasteiger partial charge in [0.25, 0.3) is 0 Å². The molecule has 0 amide bonds. The van der Waals surface area contributed by atoms with E-state index in [-0.39, 0.29) is 0 Å². The van der Waals surface area contributed by atoms with Gasteiger partial charge in [0.2, 0.25) is 0 Å². The third-order valence-electron chi connectivity index (χ3n) is 3.20. The zero-order valence-corrected chi connectivity index (χ0v) is 13.5. The number of H-pyrrole nitrogens is 1. The van der Waals surface area contributed by atoms with Crippen LogP contribution in [0.4, 0.5) is 0 Å². The molecule has 5 heteroatoms. The Balaban J connectivity index is 2.27. The van der Waals surface area contributed by atoms with Gasteiger partial charge in [-0.3, -0.25) is 0 Å². The molecule has 0 aliphatic rings. The molecule has 0 radical (unpaired) electrons. The zero-order valence-electron chi connectivity index (χ0n) is 11.1. The molecule has 1 N–H and O–H groups in total. The van der Waals surface area contributed by atoms with Crippen molar-refractivity contribution in [3.63, 3.8) is 0 Å². The maximum atomic E-state index is 5.57. The lowest BCUT2D eigenvalue weighted by Crippen LogP contribution is -2.00. The van der Waals surface area contributed by atoms with Crippen molar-refractivity contribution in [1.82, 2.24) is 9.97 Å². The van der Waals surface area contributed by atoms with Crippen molar-refractivity contribution in [2.75, 3.05) is 0 Å². The van der Waals surface area contributed by atoms with Crippen molar-refractivity contribution >= 4 is 39.1 Å². The van der Waals surface area contributed by atoms with Crippen LogP contribution in [0.15, 0.2) is 39.4 Å². The Labute approximate surface area is 130 Å². The number of para-hydroxylation sites is 1. The minimum Gasteiger partial charge on any atom is -0.464 e. The maximum absolute atomic E-state index is 5.57. The summed E-state index contributed by atoms with van der Waals surface area (Å²) in [6.45, 7) is 4.23. The molecular formula is C15H13BrN2OS. The second-order valence-corrected chi connectivity index (χ2v) is 6.10. The minimum atomic E-state index is 0.325. The van der Waals surface area contributed by atoms with Gasteiger partial charge in [0.15, 0.2) is 0 Å². The average Bonchev–Trinajstić information content (AvgIpc) is 2.85. The average molecular weight is 349 g/mol. The largest absolute Gasteiger partial charge is 0.464 e. The van der Waals surface area contributed by atoms with Gasteiger partial charge in [-0.2, -0.15) is 0 Å². The molecule has 1 aromatic carbocycles. The molecule has 20 heavy (non-hydrogen) atoms. The first-order chi connectivity index (χ1) is 9.58. The van der Waals surface area contributed by atoms with Crippen molar-refractivity contribution < 1.29 is 4.42 Å². The molecule has 0 aliphatic carbocycles. The van der Waals surface area contributed by atoms with Crippen LogP contribution in [0.5, 0.6) is 0 Å². The molecular weight excluding hydrogens is 336 g/mol. The zero-order chi connectivity index (χ0) is 14.3. The van der Waals surface area contributed by atoms with Gasteiger partial charge in [-0.1, -0.05) is 44.3 Å². The highest BCUT2D eigenvalue weighted by Crippen LogP contribution is 2.31. The van der Waals surface area contributed by atoms with Crippen LogP contribution < -0.4 is 0 Å². The Morgan fingerprint density at radius 3 is 2.80 bits per heavy atom. The summed E-state index contributed by atoms with van der Waals surface area (Å²) in [6.07, 6.45) is 1.72. The molecule has 102 valence electrons. The monoisotopic (exact) mass is 348 g/mol. The topological polar surface area (TPSA) is 41.8 Å². The fraction of sp³-hybridized carbons (Fsp3) is 0.200. The van der Waals surface area contributed by atoms with Gasteiger partial charge in [0.1, 0.15) is 22.3 Å². The second kappa shape index (κ2) is 5.14. The Kier molecular flexibility index (Phi) is 3.48. The van der Waals surface area contributed by atoms with Crippen molar-refractivity contribution in [1.29, 1.82) is 0 Å². The van der Waals surface area contributed by atoms with E-state index in [1.807, 2.05) is 24.3 Å². The van der Waals surface area contributed by atoms with E-state index in [9.17, 15) is 0 Å². The summed E-state index contributed by atoms with van der Waals surface area (Å²) in [4.78, 5) is 7.82. The quantitative estimate of drug-likeness (QED) is 0.627. The van der Waals surface area contributed by atoms with Gasteiger partial charge in [-0.25, -0.2) is 4.98 Å². The number of furan rings is 1. The van der Waals surface area contributed by atoms with Crippen molar-refractivity contribution in [2.45, 2.75) is 19.8 Å². The summed E-state index contributed by atoms with van der Waals surface area (Å²) in [5.41, 5.74) is 2.82. The number of hydrogen-bond acceptors (Lipinski definition) is 3. The number of nitrogens with zero attached hydrogens (tertiary/aromatic N) is 1. The first kappa shape index (κ1) is 13.5. The predicted octanol–water partition coefficient (Wildman–Crippen LogP) is 5.44. The van der Waals surface area contributed by atoms with Crippen LogP contribution in [-0.2, 0) is 0 Å². The Morgan fingerprint density at radius 1 is 1.30 bits per heavy atom. The summed E-state index contributed by atoms with van der Waals surface area (Å²) in [5, 5.41) is 1.03. The molecule has 2 heterocycles. The van der Waals surface area contributed by atoms with Gasteiger partial charge in [-0.05, 0) is 27.9 Å². The number of halogens is 1. The number of rotatable bonds is 2. The van der Waals surface area contributed by atoms with Gasteiger partial charge < -0.3 is 9.40 Å². The highest BCUT2D eigenvalue weighted by molar-refractivity contribution is 9.10. The van der Waals surface area contributed by atoms with E-state index in [0.717, 1.165) is 32.5 Å². The van der Waals surface area contributed by atoms with Crippen LogP contribution in [-0.4, -0.2) is 9.97 Å². The van der Waals surface area contributed by atoms with E-state index in [1.165, 1.54) is 0 Å². The number of fused-ring (bicyclic) bond motifs is 1. The molecule has 0 spiro atoms. The van der Waals surface area contributed by atoms with E-state index in [1.54, 1.807) is 6.26 Å². The first-order valence-corrected chi connectivity index (χ1v) is 7.54. The molecule has 3 rings (SSSR count). The second-order valence-electron chi connectivity index (χ2n) is 4.92. The lowest BCUT2D eigenvalue weighted by molar-refractivity contribution is 0.616. The highest BCUT2D eigenvalue weighted by atomic mass is 79.9.